The SMILES string of the molecule is O=C(NCc1ccc2c(c1)CNC2)c1cccc(S(=O)(=O)N2CCCCC2)c1. The Morgan fingerprint density at radius 3 is 2.61 bits per heavy atom. The Balaban J connectivity index is 1.45. The maximum Gasteiger partial charge on any atom is 0.251 e. The molecule has 7 heteroatoms. The van der Waals surface area contributed by atoms with E-state index in [1.54, 1.807) is 18.2 Å². The molecule has 0 radical (unpaired) electrons. The lowest BCUT2D eigenvalue weighted by atomic mass is 10.1. The van der Waals surface area contributed by atoms with Crippen LogP contribution in [-0.4, -0.2) is 31.7 Å². The van der Waals surface area contributed by atoms with Crippen molar-refractivity contribution in [2.75, 3.05) is 13.1 Å². The monoisotopic (exact) mass is 399 g/mol. The van der Waals surface area contributed by atoms with Gasteiger partial charge in [0.05, 0.1) is 4.90 Å². The standard InChI is InChI=1S/C21H25N3O3S/c25-21(23-13-16-7-8-18-14-22-15-19(18)11-16)17-5-4-6-20(12-17)28(26,27)24-9-2-1-3-10-24/h4-8,11-12,22H,1-3,9-10,13-15H2,(H,23,25). The van der Waals surface area contributed by atoms with Crippen molar-refractivity contribution >= 4 is 15.9 Å². The molecule has 2 aromatic rings. The highest BCUT2D eigenvalue weighted by atomic mass is 32.2. The van der Waals surface area contributed by atoms with E-state index in [1.165, 1.54) is 21.5 Å². The van der Waals surface area contributed by atoms with Crippen LogP contribution in [0.5, 0.6) is 0 Å². The number of nitrogens with one attached hydrogen (secondary N) is 2. The molecule has 2 heterocycles. The summed E-state index contributed by atoms with van der Waals surface area (Å²) in [5.41, 5.74) is 3.96. The lowest BCUT2D eigenvalue weighted by Crippen LogP contribution is -2.35. The molecule has 2 aliphatic rings. The third-order valence-electron chi connectivity index (χ3n) is 5.40. The number of benzene rings is 2. The first kappa shape index (κ1) is 19.1. The average Bonchev–Trinajstić information content (AvgIpc) is 3.20. The van der Waals surface area contributed by atoms with E-state index in [9.17, 15) is 13.2 Å². The van der Waals surface area contributed by atoms with E-state index in [0.717, 1.165) is 37.9 Å². The van der Waals surface area contributed by atoms with Gasteiger partial charge in [-0.2, -0.15) is 4.31 Å². The summed E-state index contributed by atoms with van der Waals surface area (Å²) in [7, 11) is -3.55. The van der Waals surface area contributed by atoms with Crippen LogP contribution in [0.25, 0.3) is 0 Å². The molecule has 2 N–H and O–H groups in total. The second-order valence-electron chi connectivity index (χ2n) is 7.38. The summed E-state index contributed by atoms with van der Waals surface area (Å²) in [5, 5.41) is 6.20. The fourth-order valence-electron chi connectivity index (χ4n) is 3.79. The van der Waals surface area contributed by atoms with Crippen molar-refractivity contribution in [3.05, 3.63) is 64.7 Å². The predicted molar refractivity (Wildman–Crippen MR) is 107 cm³/mol. The van der Waals surface area contributed by atoms with Gasteiger partial charge in [-0.1, -0.05) is 30.7 Å². The van der Waals surface area contributed by atoms with Gasteiger partial charge >= 0.3 is 0 Å². The van der Waals surface area contributed by atoms with Gasteiger partial charge < -0.3 is 10.6 Å². The number of nitrogens with zero attached hydrogens (tertiary/aromatic N) is 1. The molecule has 0 aliphatic carbocycles. The second-order valence-corrected chi connectivity index (χ2v) is 9.32. The van der Waals surface area contributed by atoms with Gasteiger partial charge in [-0.05, 0) is 47.7 Å². The Bertz CT molecular complexity index is 982. The van der Waals surface area contributed by atoms with E-state index >= 15 is 0 Å². The fourth-order valence-corrected chi connectivity index (χ4v) is 5.36. The van der Waals surface area contributed by atoms with Gasteiger partial charge in [0.25, 0.3) is 5.91 Å². The van der Waals surface area contributed by atoms with Crippen molar-refractivity contribution in [3.8, 4) is 0 Å². The third kappa shape index (κ3) is 3.97. The van der Waals surface area contributed by atoms with Crippen LogP contribution in [0.4, 0.5) is 0 Å². The highest BCUT2D eigenvalue weighted by Crippen LogP contribution is 2.21. The van der Waals surface area contributed by atoms with Crippen LogP contribution in [0.3, 0.4) is 0 Å². The Labute approximate surface area is 166 Å². The topological polar surface area (TPSA) is 78.5 Å². The maximum atomic E-state index is 12.8. The van der Waals surface area contributed by atoms with Gasteiger partial charge in [-0.25, -0.2) is 8.42 Å². The normalized spacial score (nSPS) is 17.3. The summed E-state index contributed by atoms with van der Waals surface area (Å²) in [4.78, 5) is 12.8. The van der Waals surface area contributed by atoms with E-state index in [0.29, 0.717) is 25.2 Å². The molecule has 2 aliphatic heterocycles. The molecule has 148 valence electrons. The number of rotatable bonds is 5. The molecule has 0 spiro atoms. The second kappa shape index (κ2) is 8.03. The molecule has 2 aromatic carbocycles. The molecule has 0 saturated carbocycles. The highest BCUT2D eigenvalue weighted by molar-refractivity contribution is 7.89. The minimum Gasteiger partial charge on any atom is -0.348 e. The van der Waals surface area contributed by atoms with Crippen molar-refractivity contribution < 1.29 is 13.2 Å². The molecule has 1 amide bonds. The highest BCUT2D eigenvalue weighted by Gasteiger charge is 2.26. The fraction of sp³-hybridized carbons (Fsp3) is 0.381. The molecular formula is C21H25N3O3S. The molecular weight excluding hydrogens is 374 g/mol. The van der Waals surface area contributed by atoms with Crippen LogP contribution in [0.2, 0.25) is 0 Å². The van der Waals surface area contributed by atoms with Gasteiger partial charge in [0.15, 0.2) is 0 Å². The molecule has 0 bridgehead atoms. The van der Waals surface area contributed by atoms with Gasteiger partial charge in [0, 0.05) is 38.3 Å². The number of carbonyl (C=O) groups is 1. The first-order valence-electron chi connectivity index (χ1n) is 9.74. The van der Waals surface area contributed by atoms with Crippen LogP contribution < -0.4 is 10.6 Å². The van der Waals surface area contributed by atoms with E-state index in [-0.39, 0.29) is 10.8 Å². The van der Waals surface area contributed by atoms with Crippen molar-refractivity contribution in [1.29, 1.82) is 0 Å². The smallest absolute Gasteiger partial charge is 0.251 e. The van der Waals surface area contributed by atoms with E-state index in [4.69, 9.17) is 0 Å². The van der Waals surface area contributed by atoms with Crippen molar-refractivity contribution in [2.45, 2.75) is 43.8 Å². The molecule has 0 aromatic heterocycles. The number of fused-ring (bicyclic) bond motifs is 1. The van der Waals surface area contributed by atoms with E-state index in [2.05, 4.69) is 22.8 Å². The zero-order chi connectivity index (χ0) is 19.6. The van der Waals surface area contributed by atoms with E-state index < -0.39 is 10.0 Å². The first-order chi connectivity index (χ1) is 13.5. The number of amides is 1. The minimum atomic E-state index is -3.55. The largest absolute Gasteiger partial charge is 0.348 e. The molecule has 1 saturated heterocycles. The first-order valence-corrected chi connectivity index (χ1v) is 11.2. The summed E-state index contributed by atoms with van der Waals surface area (Å²) >= 11 is 0. The summed E-state index contributed by atoms with van der Waals surface area (Å²) in [6.45, 7) is 3.25. The number of carbonyl (C=O) groups excluding carboxylic acids is 1. The van der Waals surface area contributed by atoms with Gasteiger partial charge in [-0.3, -0.25) is 4.79 Å². The van der Waals surface area contributed by atoms with Crippen LogP contribution in [0, 0.1) is 0 Å². The lowest BCUT2D eigenvalue weighted by molar-refractivity contribution is 0.0950. The van der Waals surface area contributed by atoms with Crippen molar-refractivity contribution in [3.63, 3.8) is 0 Å². The van der Waals surface area contributed by atoms with Gasteiger partial charge in [0.1, 0.15) is 0 Å². The summed E-state index contributed by atoms with van der Waals surface area (Å²) in [6, 6.07) is 12.5. The number of hydrogen-bond donors (Lipinski definition) is 2. The van der Waals surface area contributed by atoms with Crippen LogP contribution >= 0.6 is 0 Å². The summed E-state index contributed by atoms with van der Waals surface area (Å²) < 4.78 is 27.2. The van der Waals surface area contributed by atoms with Crippen molar-refractivity contribution in [1.82, 2.24) is 14.9 Å². The zero-order valence-corrected chi connectivity index (χ0v) is 16.6. The zero-order valence-electron chi connectivity index (χ0n) is 15.8. The average molecular weight is 400 g/mol. The number of piperidine rings is 1. The summed E-state index contributed by atoms with van der Waals surface area (Å²) in [6.07, 6.45) is 2.83. The minimum absolute atomic E-state index is 0.186. The van der Waals surface area contributed by atoms with Crippen LogP contribution in [-0.2, 0) is 29.7 Å². The number of hydrogen-bond acceptors (Lipinski definition) is 4. The Morgan fingerprint density at radius 2 is 1.79 bits per heavy atom. The Kier molecular flexibility index (Phi) is 5.48. The summed E-state index contributed by atoms with van der Waals surface area (Å²) in [5.74, 6) is -0.269. The quantitative estimate of drug-likeness (QED) is 0.809. The third-order valence-corrected chi connectivity index (χ3v) is 7.30. The Hall–Kier alpha value is -2.22. The lowest BCUT2D eigenvalue weighted by Gasteiger charge is -2.26. The molecule has 0 unspecified atom stereocenters. The molecule has 6 nitrogen and oxygen atoms in total. The van der Waals surface area contributed by atoms with Crippen molar-refractivity contribution in [2.24, 2.45) is 0 Å². The molecule has 28 heavy (non-hydrogen) atoms. The Morgan fingerprint density at radius 1 is 1.00 bits per heavy atom. The van der Waals surface area contributed by atoms with Crippen LogP contribution in [0.1, 0.15) is 46.3 Å². The van der Waals surface area contributed by atoms with Crippen LogP contribution in [0.15, 0.2) is 47.4 Å². The van der Waals surface area contributed by atoms with Gasteiger partial charge in [-0.15, -0.1) is 0 Å². The molecule has 4 rings (SSSR count). The number of sulfonamides is 1. The predicted octanol–water partition coefficient (Wildman–Crippen LogP) is 2.39. The van der Waals surface area contributed by atoms with E-state index in [1.807, 2.05) is 6.07 Å². The van der Waals surface area contributed by atoms with Gasteiger partial charge in [0.2, 0.25) is 10.0 Å². The maximum absolute atomic E-state index is 12.8. The molecule has 1 fully saturated rings. The molecule has 0 atom stereocenters.